The van der Waals surface area contributed by atoms with Crippen LogP contribution in [-0.4, -0.2) is 35.6 Å². The number of amides is 1. The van der Waals surface area contributed by atoms with Gasteiger partial charge in [0.2, 0.25) is 5.91 Å². The Balaban J connectivity index is 2.15. The Kier molecular flexibility index (Phi) is 3.48. The highest BCUT2D eigenvalue weighted by Gasteiger charge is 2.73. The number of carbonyl (C=O) groups is 1. The van der Waals surface area contributed by atoms with Gasteiger partial charge in [-0.15, -0.1) is 0 Å². The summed E-state index contributed by atoms with van der Waals surface area (Å²) in [7, 11) is 0. The minimum absolute atomic E-state index is 0.0910. The quantitative estimate of drug-likeness (QED) is 0.771. The summed E-state index contributed by atoms with van der Waals surface area (Å²) in [6.07, 6.45) is 1.60. The summed E-state index contributed by atoms with van der Waals surface area (Å²) in [5, 5.41) is 0. The van der Waals surface area contributed by atoms with Crippen molar-refractivity contribution < 1.29 is 9.53 Å². The number of hydrogen-bond acceptors (Lipinski definition) is 2. The van der Waals surface area contributed by atoms with Gasteiger partial charge in [-0.2, -0.15) is 0 Å². The average Bonchev–Trinajstić information content (AvgIpc) is 2.69. The maximum absolute atomic E-state index is 12.2. The molecule has 0 aromatic heterocycles. The Morgan fingerprint density at radius 3 is 2.28 bits per heavy atom. The summed E-state index contributed by atoms with van der Waals surface area (Å²) in [5.74, 6) is 0.960. The van der Waals surface area contributed by atoms with E-state index in [9.17, 15) is 4.79 Å². The zero-order chi connectivity index (χ0) is 13.7. The van der Waals surface area contributed by atoms with E-state index < -0.39 is 0 Å². The molecule has 2 rings (SSSR count). The van der Waals surface area contributed by atoms with Gasteiger partial charge in [0.15, 0.2) is 0 Å². The summed E-state index contributed by atoms with van der Waals surface area (Å²) in [6.45, 7) is 13.6. The van der Waals surface area contributed by atoms with Crippen LogP contribution in [0.25, 0.3) is 0 Å². The molecule has 1 aliphatic carbocycles. The molecule has 3 atom stereocenters. The molecule has 2 aliphatic rings. The third kappa shape index (κ3) is 1.87. The molecule has 0 aromatic rings. The highest BCUT2D eigenvalue weighted by Crippen LogP contribution is 2.63. The first kappa shape index (κ1) is 13.9. The maximum Gasteiger partial charge on any atom is 0.225 e. The zero-order valence-electron chi connectivity index (χ0n) is 12.6. The molecule has 0 spiro atoms. The third-order valence-electron chi connectivity index (χ3n) is 4.65. The highest BCUT2D eigenvalue weighted by atomic mass is 16.5. The van der Waals surface area contributed by atoms with Crippen molar-refractivity contribution in [3.05, 3.63) is 0 Å². The maximum atomic E-state index is 12.2. The highest BCUT2D eigenvalue weighted by molar-refractivity contribution is 5.79. The van der Waals surface area contributed by atoms with Crippen LogP contribution in [0.3, 0.4) is 0 Å². The van der Waals surface area contributed by atoms with Crippen LogP contribution >= 0.6 is 0 Å². The van der Waals surface area contributed by atoms with E-state index in [2.05, 4.69) is 32.6 Å². The molecule has 0 aromatic carbocycles. The number of piperidine rings is 1. The molecule has 0 N–H and O–H groups in total. The van der Waals surface area contributed by atoms with E-state index in [1.807, 2.05) is 13.8 Å². The molecule has 1 amide bonds. The van der Waals surface area contributed by atoms with Crippen LogP contribution in [0.4, 0.5) is 0 Å². The second-order valence-corrected chi connectivity index (χ2v) is 6.75. The first-order valence-electron chi connectivity index (χ1n) is 7.28. The fourth-order valence-electron chi connectivity index (χ4n) is 3.63. The molecule has 18 heavy (non-hydrogen) atoms. The van der Waals surface area contributed by atoms with Crippen molar-refractivity contribution in [3.8, 4) is 0 Å². The van der Waals surface area contributed by atoms with E-state index in [0.717, 1.165) is 13.0 Å². The van der Waals surface area contributed by atoms with Crippen LogP contribution < -0.4 is 0 Å². The molecule has 1 saturated heterocycles. The lowest BCUT2D eigenvalue weighted by Crippen LogP contribution is -2.37. The molecule has 2 fully saturated rings. The lowest BCUT2D eigenvalue weighted by molar-refractivity contribution is -0.135. The standard InChI is InChI=1S/C15H27NO2/c1-9(2)14(17)16-8-7-15(10(3)4)12(16)13(15)18-11(5)6/h9-13H,7-8H2,1-6H3/t12-,13+,15?/m0/s1. The van der Waals surface area contributed by atoms with Gasteiger partial charge < -0.3 is 9.64 Å². The smallest absolute Gasteiger partial charge is 0.225 e. The van der Waals surface area contributed by atoms with E-state index in [0.29, 0.717) is 12.0 Å². The summed E-state index contributed by atoms with van der Waals surface area (Å²) < 4.78 is 6.06. The number of fused-ring (bicyclic) bond motifs is 1. The Morgan fingerprint density at radius 1 is 1.22 bits per heavy atom. The number of rotatable bonds is 4. The van der Waals surface area contributed by atoms with Gasteiger partial charge in [-0.25, -0.2) is 0 Å². The van der Waals surface area contributed by atoms with Crippen molar-refractivity contribution >= 4 is 5.91 Å². The lowest BCUT2D eigenvalue weighted by Gasteiger charge is -2.23. The van der Waals surface area contributed by atoms with Crippen LogP contribution in [0.1, 0.15) is 48.0 Å². The fraction of sp³-hybridized carbons (Fsp3) is 0.933. The normalized spacial score (nSPS) is 34.6. The molecule has 3 heteroatoms. The zero-order valence-corrected chi connectivity index (χ0v) is 12.6. The van der Waals surface area contributed by atoms with Gasteiger partial charge in [0.25, 0.3) is 0 Å². The van der Waals surface area contributed by atoms with Crippen LogP contribution in [0, 0.1) is 17.3 Å². The van der Waals surface area contributed by atoms with Crippen LogP contribution in [0.2, 0.25) is 0 Å². The van der Waals surface area contributed by atoms with Gasteiger partial charge in [0.05, 0.1) is 18.2 Å². The average molecular weight is 253 g/mol. The Morgan fingerprint density at radius 2 is 1.83 bits per heavy atom. The van der Waals surface area contributed by atoms with Crippen molar-refractivity contribution in [1.82, 2.24) is 4.90 Å². The van der Waals surface area contributed by atoms with E-state index in [-0.39, 0.29) is 29.4 Å². The first-order chi connectivity index (χ1) is 8.32. The van der Waals surface area contributed by atoms with E-state index in [1.54, 1.807) is 0 Å². The molecule has 1 aliphatic heterocycles. The van der Waals surface area contributed by atoms with Crippen LogP contribution in [0.5, 0.6) is 0 Å². The van der Waals surface area contributed by atoms with E-state index in [4.69, 9.17) is 4.74 Å². The Hall–Kier alpha value is -0.570. The number of hydrogen-bond donors (Lipinski definition) is 0. The van der Waals surface area contributed by atoms with Crippen LogP contribution in [0.15, 0.2) is 0 Å². The Labute approximate surface area is 111 Å². The molecule has 1 unspecified atom stereocenters. The molecular formula is C15H27NO2. The molecule has 1 saturated carbocycles. The monoisotopic (exact) mass is 253 g/mol. The van der Waals surface area contributed by atoms with Crippen LogP contribution in [-0.2, 0) is 9.53 Å². The third-order valence-corrected chi connectivity index (χ3v) is 4.65. The molecule has 0 bridgehead atoms. The summed E-state index contributed by atoms with van der Waals surface area (Å²) in [4.78, 5) is 14.3. The minimum atomic E-state index is 0.0910. The van der Waals surface area contributed by atoms with Crippen molar-refractivity contribution in [3.63, 3.8) is 0 Å². The number of carbonyl (C=O) groups excluding carboxylic acids is 1. The predicted molar refractivity (Wildman–Crippen MR) is 72.2 cm³/mol. The number of nitrogens with zero attached hydrogens (tertiary/aromatic N) is 1. The predicted octanol–water partition coefficient (Wildman–Crippen LogP) is 2.69. The van der Waals surface area contributed by atoms with E-state index in [1.165, 1.54) is 0 Å². The molecular weight excluding hydrogens is 226 g/mol. The summed E-state index contributed by atoms with van der Waals surface area (Å²) >= 11 is 0. The Bertz CT molecular complexity index is 337. The molecule has 1 heterocycles. The van der Waals surface area contributed by atoms with Gasteiger partial charge in [-0.1, -0.05) is 27.7 Å². The number of ether oxygens (including phenoxy) is 1. The fourth-order valence-corrected chi connectivity index (χ4v) is 3.63. The molecule has 104 valence electrons. The van der Waals surface area contributed by atoms with Gasteiger partial charge >= 0.3 is 0 Å². The topological polar surface area (TPSA) is 29.5 Å². The van der Waals surface area contributed by atoms with Crippen molar-refractivity contribution in [1.29, 1.82) is 0 Å². The van der Waals surface area contributed by atoms with Gasteiger partial charge in [0, 0.05) is 17.9 Å². The lowest BCUT2D eigenvalue weighted by atomic mass is 9.89. The SMILES string of the molecule is CC(C)O[C@@H]1[C@@H]2N(C(=O)C(C)C)CCC12C(C)C. The minimum Gasteiger partial charge on any atom is -0.373 e. The van der Waals surface area contributed by atoms with Gasteiger partial charge in [0.1, 0.15) is 0 Å². The summed E-state index contributed by atoms with van der Waals surface area (Å²) in [6, 6.07) is 0.329. The second kappa shape index (κ2) is 4.52. The van der Waals surface area contributed by atoms with Crippen molar-refractivity contribution in [2.45, 2.75) is 66.2 Å². The molecule has 0 radical (unpaired) electrons. The van der Waals surface area contributed by atoms with Gasteiger partial charge in [-0.3, -0.25) is 4.79 Å². The second-order valence-electron chi connectivity index (χ2n) is 6.75. The number of likely N-dealkylation sites (tertiary alicyclic amines) is 1. The largest absolute Gasteiger partial charge is 0.373 e. The first-order valence-corrected chi connectivity index (χ1v) is 7.28. The van der Waals surface area contributed by atoms with Crippen molar-refractivity contribution in [2.75, 3.05) is 6.54 Å². The summed E-state index contributed by atoms with van der Waals surface area (Å²) in [5.41, 5.74) is 0.231. The van der Waals surface area contributed by atoms with E-state index >= 15 is 0 Å². The van der Waals surface area contributed by atoms with Crippen molar-refractivity contribution in [2.24, 2.45) is 17.3 Å². The van der Waals surface area contributed by atoms with Gasteiger partial charge in [-0.05, 0) is 26.2 Å². The molecule has 3 nitrogen and oxygen atoms in total.